The molecule has 0 aliphatic carbocycles. The molecule has 2 aliphatic rings. The third-order valence-electron chi connectivity index (χ3n) is 5.34. The second-order valence-electron chi connectivity index (χ2n) is 7.14. The van der Waals surface area contributed by atoms with Gasteiger partial charge in [-0.25, -0.2) is 4.90 Å². The van der Waals surface area contributed by atoms with Crippen LogP contribution >= 0.6 is 0 Å². The molecule has 4 rings (SSSR count). The molecule has 0 radical (unpaired) electrons. The molecule has 2 aliphatic heterocycles. The van der Waals surface area contributed by atoms with E-state index in [0.717, 1.165) is 37.4 Å². The topological polar surface area (TPSA) is 75.7 Å². The second-order valence-corrected chi connectivity index (χ2v) is 7.14. The molecular weight excluding hydrogens is 356 g/mol. The first-order chi connectivity index (χ1) is 13.6. The zero-order chi connectivity index (χ0) is 19.5. The van der Waals surface area contributed by atoms with Gasteiger partial charge in [-0.05, 0) is 55.5 Å². The van der Waals surface area contributed by atoms with Crippen molar-refractivity contribution in [1.29, 1.82) is 0 Å². The average molecular weight is 378 g/mol. The van der Waals surface area contributed by atoms with Crippen LogP contribution in [0.2, 0.25) is 0 Å². The van der Waals surface area contributed by atoms with Crippen molar-refractivity contribution in [3.05, 3.63) is 65.2 Å². The van der Waals surface area contributed by atoms with Crippen molar-refractivity contribution in [3.63, 3.8) is 0 Å². The first-order valence-corrected chi connectivity index (χ1v) is 9.59. The van der Waals surface area contributed by atoms with E-state index in [0.29, 0.717) is 34.8 Å². The Kier molecular flexibility index (Phi) is 5.21. The van der Waals surface area contributed by atoms with E-state index >= 15 is 0 Å². The summed E-state index contributed by atoms with van der Waals surface area (Å²) in [5.41, 5.74) is 1.61. The van der Waals surface area contributed by atoms with Gasteiger partial charge in [0.15, 0.2) is 0 Å². The van der Waals surface area contributed by atoms with E-state index in [2.05, 4.69) is 5.32 Å². The summed E-state index contributed by atoms with van der Waals surface area (Å²) in [5, 5.41) is 2.94. The number of ether oxygens (including phenoxy) is 1. The molecule has 1 N–H and O–H groups in total. The number of amides is 3. The lowest BCUT2D eigenvalue weighted by Crippen LogP contribution is -2.30. The van der Waals surface area contributed by atoms with Gasteiger partial charge in [0.1, 0.15) is 0 Å². The van der Waals surface area contributed by atoms with E-state index < -0.39 is 0 Å². The van der Waals surface area contributed by atoms with E-state index in [-0.39, 0.29) is 17.7 Å². The van der Waals surface area contributed by atoms with E-state index in [4.69, 9.17) is 4.74 Å². The quantitative estimate of drug-likeness (QED) is 0.812. The van der Waals surface area contributed by atoms with Crippen LogP contribution in [-0.2, 0) is 4.74 Å². The number of benzene rings is 2. The highest BCUT2D eigenvalue weighted by molar-refractivity contribution is 6.34. The highest BCUT2D eigenvalue weighted by Gasteiger charge is 2.36. The van der Waals surface area contributed by atoms with Crippen LogP contribution in [0.25, 0.3) is 0 Å². The number of hydrogen-bond acceptors (Lipinski definition) is 4. The predicted molar refractivity (Wildman–Crippen MR) is 105 cm³/mol. The van der Waals surface area contributed by atoms with Crippen molar-refractivity contribution < 1.29 is 19.1 Å². The second kappa shape index (κ2) is 7.94. The largest absolute Gasteiger partial charge is 0.381 e. The van der Waals surface area contributed by atoms with Gasteiger partial charge >= 0.3 is 0 Å². The molecule has 2 heterocycles. The fraction of sp³-hybridized carbons (Fsp3) is 0.318. The first-order valence-electron chi connectivity index (χ1n) is 9.59. The molecule has 0 saturated carbocycles. The highest BCUT2D eigenvalue weighted by atomic mass is 16.5. The monoisotopic (exact) mass is 378 g/mol. The van der Waals surface area contributed by atoms with Gasteiger partial charge < -0.3 is 10.1 Å². The van der Waals surface area contributed by atoms with Gasteiger partial charge in [-0.2, -0.15) is 0 Å². The third-order valence-corrected chi connectivity index (χ3v) is 5.34. The maximum absolute atomic E-state index is 12.6. The molecule has 0 aromatic heterocycles. The summed E-state index contributed by atoms with van der Waals surface area (Å²) < 4.78 is 5.35. The van der Waals surface area contributed by atoms with Crippen molar-refractivity contribution in [1.82, 2.24) is 5.32 Å². The van der Waals surface area contributed by atoms with E-state index in [9.17, 15) is 14.4 Å². The van der Waals surface area contributed by atoms with Crippen LogP contribution in [0.3, 0.4) is 0 Å². The summed E-state index contributed by atoms with van der Waals surface area (Å²) in [5.74, 6) is -0.348. The van der Waals surface area contributed by atoms with Crippen LogP contribution in [0.5, 0.6) is 0 Å². The molecule has 6 nitrogen and oxygen atoms in total. The molecule has 1 fully saturated rings. The van der Waals surface area contributed by atoms with Crippen molar-refractivity contribution in [2.24, 2.45) is 5.92 Å². The summed E-state index contributed by atoms with van der Waals surface area (Å²) in [6.45, 7) is 2.18. The number of fused-ring (bicyclic) bond motifs is 1. The van der Waals surface area contributed by atoms with Crippen molar-refractivity contribution >= 4 is 23.4 Å². The van der Waals surface area contributed by atoms with Crippen molar-refractivity contribution in [2.75, 3.05) is 24.7 Å². The molecule has 144 valence electrons. The highest BCUT2D eigenvalue weighted by Crippen LogP contribution is 2.28. The smallest absolute Gasteiger partial charge is 0.266 e. The third kappa shape index (κ3) is 3.55. The maximum atomic E-state index is 12.6. The minimum absolute atomic E-state index is 0.203. The average Bonchev–Trinajstić information content (AvgIpc) is 2.99. The van der Waals surface area contributed by atoms with Crippen molar-refractivity contribution in [3.8, 4) is 0 Å². The zero-order valence-electron chi connectivity index (χ0n) is 15.5. The number of nitrogens with one attached hydrogen (secondary N) is 1. The molecule has 0 bridgehead atoms. The van der Waals surface area contributed by atoms with E-state index in [1.54, 1.807) is 48.5 Å². The van der Waals surface area contributed by atoms with Crippen LogP contribution in [0.15, 0.2) is 48.5 Å². The van der Waals surface area contributed by atoms with Gasteiger partial charge in [0.2, 0.25) is 0 Å². The standard InChI is InChI=1S/C22H22N2O4/c25-20(23-11-8-15-9-12-28-13-10-15)16-4-3-5-17(14-16)24-21(26)18-6-1-2-7-19(18)22(24)27/h1-7,14-15H,8-13H2,(H,23,25). The number of imide groups is 1. The molecule has 2 aromatic rings. The Morgan fingerprint density at radius 3 is 2.36 bits per heavy atom. The Hall–Kier alpha value is -2.99. The van der Waals surface area contributed by atoms with Gasteiger partial charge in [-0.15, -0.1) is 0 Å². The molecule has 1 saturated heterocycles. The Labute approximate surface area is 163 Å². The first kappa shape index (κ1) is 18.4. The molecule has 6 heteroatoms. The van der Waals surface area contributed by atoms with Gasteiger partial charge in [-0.1, -0.05) is 18.2 Å². The SMILES string of the molecule is O=C(NCCC1CCOCC1)c1cccc(N2C(=O)c3ccccc3C2=O)c1. The molecule has 2 aromatic carbocycles. The number of nitrogens with zero attached hydrogens (tertiary/aromatic N) is 1. The molecule has 3 amide bonds. The molecular formula is C22H22N2O4. The lowest BCUT2D eigenvalue weighted by atomic mass is 9.97. The fourth-order valence-electron chi connectivity index (χ4n) is 3.74. The Morgan fingerprint density at radius 1 is 1.00 bits per heavy atom. The summed E-state index contributed by atoms with van der Waals surface area (Å²) in [6, 6.07) is 13.4. The summed E-state index contributed by atoms with van der Waals surface area (Å²) in [6.07, 6.45) is 2.99. The number of anilines is 1. The normalized spacial score (nSPS) is 16.9. The van der Waals surface area contributed by atoms with Gasteiger partial charge in [0, 0.05) is 25.3 Å². The minimum Gasteiger partial charge on any atom is -0.381 e. The van der Waals surface area contributed by atoms with Crippen LogP contribution in [0.1, 0.15) is 50.3 Å². The Bertz CT molecular complexity index is 883. The summed E-state index contributed by atoms with van der Waals surface area (Å²) in [4.78, 5) is 38.9. The molecule has 0 spiro atoms. The van der Waals surface area contributed by atoms with Crippen LogP contribution in [0.4, 0.5) is 5.69 Å². The van der Waals surface area contributed by atoms with Gasteiger partial charge in [0.25, 0.3) is 17.7 Å². The van der Waals surface area contributed by atoms with E-state index in [1.165, 1.54) is 0 Å². The molecule has 28 heavy (non-hydrogen) atoms. The van der Waals surface area contributed by atoms with Gasteiger partial charge in [0.05, 0.1) is 16.8 Å². The lowest BCUT2D eigenvalue weighted by Gasteiger charge is -2.22. The number of hydrogen-bond donors (Lipinski definition) is 1. The van der Waals surface area contributed by atoms with Crippen LogP contribution < -0.4 is 10.2 Å². The fourth-order valence-corrected chi connectivity index (χ4v) is 3.74. The molecule has 0 atom stereocenters. The Balaban J connectivity index is 1.44. The van der Waals surface area contributed by atoms with Crippen molar-refractivity contribution in [2.45, 2.75) is 19.3 Å². The minimum atomic E-state index is -0.363. The maximum Gasteiger partial charge on any atom is 0.266 e. The number of carbonyl (C=O) groups excluding carboxylic acids is 3. The molecule has 0 unspecified atom stereocenters. The van der Waals surface area contributed by atoms with Crippen LogP contribution in [-0.4, -0.2) is 37.5 Å². The Morgan fingerprint density at radius 2 is 1.68 bits per heavy atom. The predicted octanol–water partition coefficient (Wildman–Crippen LogP) is 3.03. The number of carbonyl (C=O) groups is 3. The van der Waals surface area contributed by atoms with Gasteiger partial charge in [-0.3, -0.25) is 14.4 Å². The summed E-state index contributed by atoms with van der Waals surface area (Å²) in [7, 11) is 0. The van der Waals surface area contributed by atoms with E-state index in [1.807, 2.05) is 0 Å². The lowest BCUT2D eigenvalue weighted by molar-refractivity contribution is 0.0636. The number of rotatable bonds is 5. The zero-order valence-corrected chi connectivity index (χ0v) is 15.5. The summed E-state index contributed by atoms with van der Waals surface area (Å²) >= 11 is 0. The van der Waals surface area contributed by atoms with Crippen LogP contribution in [0, 0.1) is 5.92 Å².